The molecule has 1 amide bonds. The maximum absolute atomic E-state index is 12.5. The third-order valence-corrected chi connectivity index (χ3v) is 4.30. The van der Waals surface area contributed by atoms with Gasteiger partial charge in [-0.2, -0.15) is 0 Å². The fourth-order valence-electron chi connectivity index (χ4n) is 2.38. The van der Waals surface area contributed by atoms with Crippen LogP contribution in [-0.4, -0.2) is 43.7 Å². The minimum absolute atomic E-state index is 0.0905. The molecular weight excluding hydrogens is 365 g/mol. The summed E-state index contributed by atoms with van der Waals surface area (Å²) in [7, 11) is 4.65. The van der Waals surface area contributed by atoms with Crippen molar-refractivity contribution in [1.82, 2.24) is 4.90 Å². The summed E-state index contributed by atoms with van der Waals surface area (Å²) in [5.41, 5.74) is 0.938. The number of amides is 1. The van der Waals surface area contributed by atoms with Crippen molar-refractivity contribution >= 4 is 29.1 Å². The molecule has 7 heteroatoms. The molecule has 0 bridgehead atoms. The highest BCUT2D eigenvalue weighted by molar-refractivity contribution is 6.36. The van der Waals surface area contributed by atoms with Gasteiger partial charge in [-0.15, -0.1) is 0 Å². The zero-order valence-electron chi connectivity index (χ0n) is 14.1. The van der Waals surface area contributed by atoms with Gasteiger partial charge in [0.2, 0.25) is 0 Å². The van der Waals surface area contributed by atoms with Crippen LogP contribution in [0.4, 0.5) is 0 Å². The molecule has 1 unspecified atom stereocenters. The van der Waals surface area contributed by atoms with E-state index in [2.05, 4.69) is 0 Å². The molecule has 0 aliphatic carbocycles. The summed E-state index contributed by atoms with van der Waals surface area (Å²) in [6.07, 6.45) is -0.889. The van der Waals surface area contributed by atoms with Crippen LogP contribution in [0, 0.1) is 0 Å². The van der Waals surface area contributed by atoms with Crippen molar-refractivity contribution in [3.63, 3.8) is 0 Å². The van der Waals surface area contributed by atoms with E-state index in [1.807, 2.05) is 0 Å². The van der Waals surface area contributed by atoms with Gasteiger partial charge in [-0.25, -0.2) is 0 Å². The maximum Gasteiger partial charge on any atom is 0.255 e. The van der Waals surface area contributed by atoms with Gasteiger partial charge in [-0.3, -0.25) is 4.79 Å². The molecule has 5 nitrogen and oxygen atoms in total. The van der Waals surface area contributed by atoms with Crippen molar-refractivity contribution in [2.24, 2.45) is 0 Å². The summed E-state index contributed by atoms with van der Waals surface area (Å²) in [5, 5.41) is 11.2. The van der Waals surface area contributed by atoms with Crippen LogP contribution in [0.3, 0.4) is 0 Å². The predicted molar refractivity (Wildman–Crippen MR) is 97.9 cm³/mol. The highest BCUT2D eigenvalue weighted by Crippen LogP contribution is 2.30. The zero-order chi connectivity index (χ0) is 18.6. The predicted octanol–water partition coefficient (Wildman–Crippen LogP) is 3.82. The molecule has 2 rings (SSSR count). The van der Waals surface area contributed by atoms with Gasteiger partial charge in [0.1, 0.15) is 0 Å². The van der Waals surface area contributed by atoms with Gasteiger partial charge in [0, 0.05) is 12.1 Å². The van der Waals surface area contributed by atoms with Crippen molar-refractivity contribution < 1.29 is 19.4 Å². The van der Waals surface area contributed by atoms with Crippen molar-refractivity contribution in [3.05, 3.63) is 57.6 Å². The average molecular weight is 384 g/mol. The van der Waals surface area contributed by atoms with Crippen LogP contribution in [0.25, 0.3) is 0 Å². The zero-order valence-corrected chi connectivity index (χ0v) is 15.6. The number of rotatable bonds is 6. The number of ether oxygens (including phenoxy) is 2. The summed E-state index contributed by atoms with van der Waals surface area (Å²) in [6.45, 7) is 0.0905. The Hall–Kier alpha value is -1.95. The fourth-order valence-corrected chi connectivity index (χ4v) is 2.87. The van der Waals surface area contributed by atoms with Crippen molar-refractivity contribution in [2.45, 2.75) is 6.10 Å². The lowest BCUT2D eigenvalue weighted by atomic mass is 10.1. The third kappa shape index (κ3) is 4.57. The molecule has 0 saturated heterocycles. The topological polar surface area (TPSA) is 59.0 Å². The molecule has 0 spiro atoms. The van der Waals surface area contributed by atoms with Gasteiger partial charge < -0.3 is 19.5 Å². The number of halogens is 2. The van der Waals surface area contributed by atoms with E-state index in [4.69, 9.17) is 32.7 Å². The molecule has 0 radical (unpaired) electrons. The van der Waals surface area contributed by atoms with Crippen LogP contribution in [0.5, 0.6) is 11.5 Å². The van der Waals surface area contributed by atoms with Crippen molar-refractivity contribution in [2.75, 3.05) is 27.8 Å². The van der Waals surface area contributed by atoms with E-state index in [0.717, 1.165) is 0 Å². The minimum Gasteiger partial charge on any atom is -0.493 e. The summed E-state index contributed by atoms with van der Waals surface area (Å²) in [6, 6.07) is 9.77. The van der Waals surface area contributed by atoms with Gasteiger partial charge in [0.05, 0.1) is 37.5 Å². The Labute approximate surface area is 156 Å². The second-order valence-electron chi connectivity index (χ2n) is 5.44. The van der Waals surface area contributed by atoms with Gasteiger partial charge >= 0.3 is 0 Å². The first kappa shape index (κ1) is 19.4. The van der Waals surface area contributed by atoms with Crippen LogP contribution in [-0.2, 0) is 0 Å². The van der Waals surface area contributed by atoms with Crippen LogP contribution >= 0.6 is 23.2 Å². The molecule has 0 saturated carbocycles. The third-order valence-electron chi connectivity index (χ3n) is 3.75. The second kappa shape index (κ2) is 8.43. The maximum atomic E-state index is 12.5. The Morgan fingerprint density at radius 1 is 1.12 bits per heavy atom. The van der Waals surface area contributed by atoms with Crippen molar-refractivity contribution in [3.8, 4) is 11.5 Å². The molecule has 1 N–H and O–H groups in total. The second-order valence-corrected chi connectivity index (χ2v) is 6.28. The molecule has 1 atom stereocenters. The number of carbonyl (C=O) groups excluding carboxylic acids is 1. The summed E-state index contributed by atoms with van der Waals surface area (Å²) < 4.78 is 10.4. The Kier molecular flexibility index (Phi) is 6.53. The van der Waals surface area contributed by atoms with Crippen LogP contribution in [0.1, 0.15) is 22.0 Å². The van der Waals surface area contributed by atoms with E-state index in [9.17, 15) is 9.90 Å². The molecular formula is C18H19Cl2NO4. The lowest BCUT2D eigenvalue weighted by molar-refractivity contribution is 0.0681. The number of nitrogens with zero attached hydrogens (tertiary/aromatic N) is 1. The Morgan fingerprint density at radius 2 is 1.80 bits per heavy atom. The average Bonchev–Trinajstić information content (AvgIpc) is 2.60. The van der Waals surface area contributed by atoms with E-state index in [0.29, 0.717) is 27.6 Å². The van der Waals surface area contributed by atoms with Gasteiger partial charge in [0.25, 0.3) is 5.91 Å². The van der Waals surface area contributed by atoms with E-state index in [1.54, 1.807) is 37.4 Å². The number of hydrogen-bond donors (Lipinski definition) is 1. The molecule has 0 aliphatic rings. The van der Waals surface area contributed by atoms with Crippen LogP contribution in [0.2, 0.25) is 10.0 Å². The van der Waals surface area contributed by atoms with Crippen LogP contribution in [0.15, 0.2) is 36.4 Å². The first-order valence-corrected chi connectivity index (χ1v) is 8.23. The minimum atomic E-state index is -0.889. The Balaban J connectivity index is 2.14. The number of methoxy groups -OCH3 is 2. The summed E-state index contributed by atoms with van der Waals surface area (Å²) in [5.74, 6) is 0.769. The number of aliphatic hydroxyl groups is 1. The first-order valence-electron chi connectivity index (χ1n) is 7.48. The SMILES string of the molecule is COc1ccc(C(O)CN(C)C(=O)c2ccc(Cl)cc2Cl)cc1OC. The molecule has 0 heterocycles. The van der Waals surface area contributed by atoms with Crippen molar-refractivity contribution in [1.29, 1.82) is 0 Å². The molecule has 25 heavy (non-hydrogen) atoms. The van der Waals surface area contributed by atoms with Gasteiger partial charge in [0.15, 0.2) is 11.5 Å². The Morgan fingerprint density at radius 3 is 2.40 bits per heavy atom. The van der Waals surface area contributed by atoms with E-state index in [1.165, 1.54) is 25.2 Å². The normalized spacial score (nSPS) is 11.8. The Bertz CT molecular complexity index is 767. The largest absolute Gasteiger partial charge is 0.493 e. The smallest absolute Gasteiger partial charge is 0.255 e. The lowest BCUT2D eigenvalue weighted by Crippen LogP contribution is -2.31. The molecule has 2 aromatic rings. The molecule has 134 valence electrons. The standard InChI is InChI=1S/C18H19Cl2NO4/c1-21(18(23)13-6-5-12(19)9-14(13)20)10-15(22)11-4-7-16(24-2)17(8-11)25-3/h4-9,15,22H,10H2,1-3H3. The number of likely N-dealkylation sites (N-methyl/N-ethyl adjacent to an activating group) is 1. The monoisotopic (exact) mass is 383 g/mol. The molecule has 2 aromatic carbocycles. The van der Waals surface area contributed by atoms with Gasteiger partial charge in [-0.05, 0) is 35.9 Å². The number of aliphatic hydroxyl groups excluding tert-OH is 1. The van der Waals surface area contributed by atoms with Gasteiger partial charge in [-0.1, -0.05) is 29.3 Å². The molecule has 0 aromatic heterocycles. The first-order chi connectivity index (χ1) is 11.9. The highest BCUT2D eigenvalue weighted by atomic mass is 35.5. The quantitative estimate of drug-likeness (QED) is 0.823. The number of benzene rings is 2. The summed E-state index contributed by atoms with van der Waals surface area (Å²) in [4.78, 5) is 13.9. The van der Waals surface area contributed by atoms with E-state index >= 15 is 0 Å². The van der Waals surface area contributed by atoms with E-state index in [-0.39, 0.29) is 17.5 Å². The number of hydrogen-bond acceptors (Lipinski definition) is 4. The molecule has 0 aliphatic heterocycles. The summed E-state index contributed by atoms with van der Waals surface area (Å²) >= 11 is 11.9. The highest BCUT2D eigenvalue weighted by Gasteiger charge is 2.20. The van der Waals surface area contributed by atoms with E-state index < -0.39 is 6.10 Å². The lowest BCUT2D eigenvalue weighted by Gasteiger charge is -2.22. The molecule has 0 fully saturated rings. The fraction of sp³-hybridized carbons (Fsp3) is 0.278. The number of carbonyl (C=O) groups is 1. The van der Waals surface area contributed by atoms with Crippen LogP contribution < -0.4 is 9.47 Å².